The van der Waals surface area contributed by atoms with Gasteiger partial charge in [-0.1, -0.05) is 27.7 Å². The number of nitrogens with one attached hydrogen (secondary N) is 1. The Kier molecular flexibility index (Phi) is 6.63. The topological polar surface area (TPSA) is 94.8 Å². The van der Waals surface area contributed by atoms with Crippen molar-refractivity contribution in [2.45, 2.75) is 32.8 Å². The van der Waals surface area contributed by atoms with E-state index in [1.807, 2.05) is 18.2 Å². The van der Waals surface area contributed by atoms with Gasteiger partial charge in [0.05, 0.1) is 23.7 Å². The van der Waals surface area contributed by atoms with Crippen LogP contribution < -0.4 is 10.1 Å². The van der Waals surface area contributed by atoms with Crippen LogP contribution in [0.5, 0.6) is 5.75 Å². The van der Waals surface area contributed by atoms with E-state index in [2.05, 4.69) is 31.3 Å². The van der Waals surface area contributed by atoms with Gasteiger partial charge in [-0.15, -0.1) is 0 Å². The summed E-state index contributed by atoms with van der Waals surface area (Å²) in [7, 11) is 0. The zero-order valence-corrected chi connectivity index (χ0v) is 18.7. The van der Waals surface area contributed by atoms with Gasteiger partial charge in [-0.2, -0.15) is 14.8 Å². The van der Waals surface area contributed by atoms with Gasteiger partial charge in [0.25, 0.3) is 0 Å². The zero-order valence-electron chi connectivity index (χ0n) is 16.3. The van der Waals surface area contributed by atoms with Crippen molar-refractivity contribution in [2.75, 3.05) is 12.5 Å². The van der Waals surface area contributed by atoms with Crippen molar-refractivity contribution in [2.24, 2.45) is 4.99 Å². The number of aromatic nitrogens is 2. The molecule has 2 aromatic rings. The van der Waals surface area contributed by atoms with Crippen LogP contribution in [-0.4, -0.2) is 45.5 Å². The van der Waals surface area contributed by atoms with Gasteiger partial charge in [0.1, 0.15) is 11.4 Å². The van der Waals surface area contributed by atoms with Crippen molar-refractivity contribution in [3.8, 4) is 16.9 Å². The Morgan fingerprint density at radius 3 is 2.97 bits per heavy atom. The standard InChI is InChI=1S/C19H21BrN4O4S/c1-19(2,3)28-18(26)22-11-29-10-21-17(25)24-9-14-13-5-4-12(20)8-16(13)27-7-6-15(14)23-24/h4-5,8-10H,6-7,11H2,1-3H3,(H,22,26)/b21-10+. The summed E-state index contributed by atoms with van der Waals surface area (Å²) in [4.78, 5) is 27.8. The first-order valence-corrected chi connectivity index (χ1v) is 10.7. The summed E-state index contributed by atoms with van der Waals surface area (Å²) in [6, 6.07) is 5.24. The highest BCUT2D eigenvalue weighted by atomic mass is 79.9. The predicted molar refractivity (Wildman–Crippen MR) is 116 cm³/mol. The maximum atomic E-state index is 12.3. The fourth-order valence-corrected chi connectivity index (χ4v) is 3.39. The Balaban J connectivity index is 1.61. The maximum absolute atomic E-state index is 12.3. The Bertz CT molecular complexity index is 952. The van der Waals surface area contributed by atoms with E-state index in [-0.39, 0.29) is 5.88 Å². The Hall–Kier alpha value is -2.33. The second-order valence-electron chi connectivity index (χ2n) is 7.18. The number of nitrogens with zero attached hydrogens (tertiary/aromatic N) is 3. The van der Waals surface area contributed by atoms with Crippen molar-refractivity contribution >= 4 is 45.4 Å². The number of thioether (sulfide) groups is 1. The SMILES string of the molecule is CC(C)(C)OC(=O)NCS/C=N/C(=O)n1cc2c(n1)CCOc1cc(Br)ccc1-2. The summed E-state index contributed by atoms with van der Waals surface area (Å²) < 4.78 is 13.0. The molecule has 1 N–H and O–H groups in total. The summed E-state index contributed by atoms with van der Waals surface area (Å²) in [5.74, 6) is 0.985. The molecule has 0 saturated carbocycles. The number of carbonyl (C=O) groups excluding carboxylic acids is 2. The van der Waals surface area contributed by atoms with Crippen LogP contribution in [0.4, 0.5) is 9.59 Å². The monoisotopic (exact) mass is 480 g/mol. The summed E-state index contributed by atoms with van der Waals surface area (Å²) in [5, 5.41) is 6.94. The van der Waals surface area contributed by atoms with Crippen LogP contribution in [0.1, 0.15) is 26.5 Å². The Morgan fingerprint density at radius 1 is 1.41 bits per heavy atom. The van der Waals surface area contributed by atoms with Gasteiger partial charge in [-0.3, -0.25) is 0 Å². The predicted octanol–water partition coefficient (Wildman–Crippen LogP) is 4.46. The molecule has 29 heavy (non-hydrogen) atoms. The lowest BCUT2D eigenvalue weighted by molar-refractivity contribution is 0.0538. The number of hydrogen-bond donors (Lipinski definition) is 1. The molecule has 0 spiro atoms. The lowest BCUT2D eigenvalue weighted by Gasteiger charge is -2.19. The van der Waals surface area contributed by atoms with Crippen LogP contribution >= 0.6 is 27.7 Å². The number of benzene rings is 1. The molecule has 0 saturated heterocycles. The van der Waals surface area contributed by atoms with Gasteiger partial charge in [0.15, 0.2) is 0 Å². The number of rotatable bonds is 3. The normalized spacial score (nSPS) is 13.2. The summed E-state index contributed by atoms with van der Waals surface area (Å²) in [6.45, 7) is 5.84. The second kappa shape index (κ2) is 9.00. The highest BCUT2D eigenvalue weighted by molar-refractivity contribution is 9.10. The number of alkyl carbamates (subject to hydrolysis) is 1. The minimum Gasteiger partial charge on any atom is -0.492 e. The quantitative estimate of drug-likeness (QED) is 0.301. The highest BCUT2D eigenvalue weighted by Gasteiger charge is 2.21. The molecule has 0 radical (unpaired) electrons. The van der Waals surface area contributed by atoms with Crippen LogP contribution in [0, 0.1) is 0 Å². The molecule has 1 aliphatic rings. The van der Waals surface area contributed by atoms with E-state index in [0.29, 0.717) is 13.0 Å². The number of aliphatic imine (C=N–C) groups is 1. The third-order valence-electron chi connectivity index (χ3n) is 3.75. The third-order valence-corrected chi connectivity index (χ3v) is 4.81. The second-order valence-corrected chi connectivity index (χ2v) is 8.93. The van der Waals surface area contributed by atoms with Crippen molar-refractivity contribution < 1.29 is 19.1 Å². The summed E-state index contributed by atoms with van der Waals surface area (Å²) in [5.41, 5.74) is 3.35. The first-order chi connectivity index (χ1) is 13.7. The molecule has 0 bridgehead atoms. The lowest BCUT2D eigenvalue weighted by Crippen LogP contribution is -2.32. The molecular weight excluding hydrogens is 460 g/mol. The molecule has 2 heterocycles. The number of halogens is 1. The highest BCUT2D eigenvalue weighted by Crippen LogP contribution is 2.36. The lowest BCUT2D eigenvalue weighted by atomic mass is 10.1. The summed E-state index contributed by atoms with van der Waals surface area (Å²) >= 11 is 4.61. The number of ether oxygens (including phenoxy) is 2. The zero-order chi connectivity index (χ0) is 21.0. The van der Waals surface area contributed by atoms with Gasteiger partial charge in [-0.25, -0.2) is 9.59 Å². The molecule has 0 unspecified atom stereocenters. The first kappa shape index (κ1) is 21.4. The number of carbonyl (C=O) groups is 2. The number of hydrogen-bond acceptors (Lipinski definition) is 6. The molecule has 0 aliphatic carbocycles. The molecule has 1 aromatic heterocycles. The molecule has 2 amide bonds. The Morgan fingerprint density at radius 2 is 2.21 bits per heavy atom. The fourth-order valence-electron chi connectivity index (χ4n) is 2.61. The maximum Gasteiger partial charge on any atom is 0.408 e. The van der Waals surface area contributed by atoms with Crippen LogP contribution in [0.3, 0.4) is 0 Å². The molecule has 0 fully saturated rings. The van der Waals surface area contributed by atoms with Crippen LogP contribution in [0.2, 0.25) is 0 Å². The molecule has 1 aromatic carbocycles. The molecule has 10 heteroatoms. The van der Waals surface area contributed by atoms with Gasteiger partial charge in [0, 0.05) is 28.2 Å². The van der Waals surface area contributed by atoms with E-state index >= 15 is 0 Å². The number of fused-ring (bicyclic) bond motifs is 3. The average Bonchev–Trinajstić information content (AvgIpc) is 2.97. The largest absolute Gasteiger partial charge is 0.492 e. The van der Waals surface area contributed by atoms with Crippen molar-refractivity contribution in [1.29, 1.82) is 0 Å². The van der Waals surface area contributed by atoms with Crippen LogP contribution in [-0.2, 0) is 11.2 Å². The van der Waals surface area contributed by atoms with E-state index in [4.69, 9.17) is 9.47 Å². The molecule has 0 atom stereocenters. The summed E-state index contributed by atoms with van der Waals surface area (Å²) in [6.07, 6.45) is 1.74. The molecular formula is C19H21BrN4O4S. The van der Waals surface area contributed by atoms with Gasteiger partial charge in [0.2, 0.25) is 0 Å². The third kappa shape index (κ3) is 5.83. The molecule has 3 rings (SSSR count). The fraction of sp³-hybridized carbons (Fsp3) is 0.368. The first-order valence-electron chi connectivity index (χ1n) is 8.89. The van der Waals surface area contributed by atoms with E-state index < -0.39 is 17.7 Å². The van der Waals surface area contributed by atoms with Crippen molar-refractivity contribution in [1.82, 2.24) is 15.1 Å². The van der Waals surface area contributed by atoms with Crippen LogP contribution in [0.25, 0.3) is 11.1 Å². The molecule has 154 valence electrons. The van der Waals surface area contributed by atoms with Crippen molar-refractivity contribution in [3.63, 3.8) is 0 Å². The van der Waals surface area contributed by atoms with E-state index in [1.54, 1.807) is 27.0 Å². The van der Waals surface area contributed by atoms with Crippen molar-refractivity contribution in [3.05, 3.63) is 34.6 Å². The van der Waals surface area contributed by atoms with Gasteiger partial charge in [-0.05, 0) is 39.0 Å². The van der Waals surface area contributed by atoms with E-state index in [9.17, 15) is 9.59 Å². The van der Waals surface area contributed by atoms with E-state index in [0.717, 1.165) is 27.0 Å². The average molecular weight is 481 g/mol. The number of amides is 2. The van der Waals surface area contributed by atoms with Gasteiger partial charge >= 0.3 is 12.1 Å². The minimum absolute atomic E-state index is 0.237. The smallest absolute Gasteiger partial charge is 0.408 e. The van der Waals surface area contributed by atoms with Gasteiger partial charge < -0.3 is 14.8 Å². The van der Waals surface area contributed by atoms with E-state index in [1.165, 1.54) is 22.0 Å². The van der Waals surface area contributed by atoms with Crippen LogP contribution in [0.15, 0.2) is 33.9 Å². The molecule has 1 aliphatic heterocycles. The molecule has 8 nitrogen and oxygen atoms in total. The minimum atomic E-state index is -0.559. The Labute approximate surface area is 181 Å².